The van der Waals surface area contributed by atoms with Crippen molar-refractivity contribution < 1.29 is 4.74 Å². The van der Waals surface area contributed by atoms with Gasteiger partial charge in [-0.25, -0.2) is 0 Å². The van der Waals surface area contributed by atoms with Gasteiger partial charge in [0.15, 0.2) is 0 Å². The summed E-state index contributed by atoms with van der Waals surface area (Å²) in [5.41, 5.74) is 0. The molecule has 1 aliphatic rings. The van der Waals surface area contributed by atoms with Gasteiger partial charge in [-0.15, -0.1) is 0 Å². The van der Waals surface area contributed by atoms with Gasteiger partial charge in [0.25, 0.3) is 0 Å². The Bertz CT molecular complexity index is 86.9. The van der Waals surface area contributed by atoms with Gasteiger partial charge < -0.3 is 10.1 Å². The maximum Gasteiger partial charge on any atom is 0.0748 e. The Labute approximate surface area is 55.9 Å². The number of hydrogen-bond donors (Lipinski definition) is 1. The van der Waals surface area contributed by atoms with E-state index in [4.69, 9.17) is 4.74 Å². The van der Waals surface area contributed by atoms with E-state index in [2.05, 4.69) is 11.9 Å². The second-order valence-electron chi connectivity index (χ2n) is 2.25. The zero-order chi connectivity index (χ0) is 6.53. The molecule has 2 heteroatoms. The lowest BCUT2D eigenvalue weighted by Crippen LogP contribution is -2.21. The summed E-state index contributed by atoms with van der Waals surface area (Å²) in [5, 5.41) is 3.03. The molecule has 0 radical (unpaired) electrons. The fourth-order valence-electron chi connectivity index (χ4n) is 1.02. The molecule has 1 N–H and O–H groups in total. The van der Waals surface area contributed by atoms with Gasteiger partial charge in [-0.2, -0.15) is 0 Å². The molecule has 9 heavy (non-hydrogen) atoms. The highest BCUT2D eigenvalue weighted by atomic mass is 16.5. The van der Waals surface area contributed by atoms with Crippen molar-refractivity contribution in [2.45, 2.75) is 18.9 Å². The average Bonchev–Trinajstić information content (AvgIpc) is 2.34. The summed E-state index contributed by atoms with van der Waals surface area (Å²) in [6.07, 6.45) is 4.55. The first-order valence-electron chi connectivity index (χ1n) is 3.39. The van der Waals surface area contributed by atoms with E-state index in [1.165, 1.54) is 12.8 Å². The topological polar surface area (TPSA) is 21.3 Å². The highest BCUT2D eigenvalue weighted by Crippen LogP contribution is 2.10. The van der Waals surface area contributed by atoms with Gasteiger partial charge in [-0.05, 0) is 19.0 Å². The van der Waals surface area contributed by atoms with Gasteiger partial charge >= 0.3 is 0 Å². The van der Waals surface area contributed by atoms with Crippen molar-refractivity contribution in [2.24, 2.45) is 0 Å². The van der Waals surface area contributed by atoms with Gasteiger partial charge in [0.2, 0.25) is 0 Å². The van der Waals surface area contributed by atoms with Crippen molar-refractivity contribution in [1.82, 2.24) is 5.32 Å². The van der Waals surface area contributed by atoms with Crippen LogP contribution in [0, 0.1) is 0 Å². The van der Waals surface area contributed by atoms with Gasteiger partial charge in [-0.3, -0.25) is 0 Å². The molecule has 0 aromatic carbocycles. The molecule has 0 bridgehead atoms. The number of nitrogens with one attached hydrogen (secondary N) is 1. The van der Waals surface area contributed by atoms with Crippen LogP contribution in [0.3, 0.4) is 0 Å². The summed E-state index contributed by atoms with van der Waals surface area (Å²) in [6.45, 7) is 5.41. The van der Waals surface area contributed by atoms with E-state index >= 15 is 0 Å². The van der Waals surface area contributed by atoms with Crippen LogP contribution in [-0.2, 0) is 4.74 Å². The van der Waals surface area contributed by atoms with E-state index in [9.17, 15) is 0 Å². The summed E-state index contributed by atoms with van der Waals surface area (Å²) in [7, 11) is 0. The highest BCUT2D eigenvalue weighted by molar-refractivity contribution is 4.71. The zero-order valence-corrected chi connectivity index (χ0v) is 5.60. The van der Waals surface area contributed by atoms with E-state index in [-0.39, 0.29) is 0 Å². The zero-order valence-electron chi connectivity index (χ0n) is 5.60. The first kappa shape index (κ1) is 6.62. The Morgan fingerprint density at radius 1 is 1.78 bits per heavy atom. The van der Waals surface area contributed by atoms with Crippen molar-refractivity contribution in [1.29, 1.82) is 0 Å². The van der Waals surface area contributed by atoms with Crippen LogP contribution in [0.5, 0.6) is 0 Å². The van der Waals surface area contributed by atoms with Gasteiger partial charge in [0.05, 0.1) is 6.10 Å². The largest absolute Gasteiger partial charge is 0.389 e. The van der Waals surface area contributed by atoms with Crippen molar-refractivity contribution >= 4 is 0 Å². The summed E-state index contributed by atoms with van der Waals surface area (Å²) < 4.78 is 5.34. The Morgan fingerprint density at radius 2 is 2.67 bits per heavy atom. The van der Waals surface area contributed by atoms with Crippen LogP contribution in [0.4, 0.5) is 0 Å². The lowest BCUT2D eigenvalue weighted by atomic mass is 10.2. The maximum atomic E-state index is 5.34. The van der Waals surface area contributed by atoms with E-state index < -0.39 is 0 Å². The van der Waals surface area contributed by atoms with Crippen molar-refractivity contribution in [3.05, 3.63) is 12.8 Å². The predicted molar refractivity (Wildman–Crippen MR) is 37.2 cm³/mol. The molecule has 1 saturated heterocycles. The van der Waals surface area contributed by atoms with Crippen LogP contribution in [0.25, 0.3) is 0 Å². The molecule has 0 aromatic heterocycles. The van der Waals surface area contributed by atoms with Gasteiger partial charge in [0.1, 0.15) is 0 Å². The Balaban J connectivity index is 2.04. The molecule has 1 heterocycles. The van der Waals surface area contributed by atoms with Crippen molar-refractivity contribution in [3.8, 4) is 0 Å². The Kier molecular flexibility index (Phi) is 2.58. The Hall–Kier alpha value is -0.500. The fourth-order valence-corrected chi connectivity index (χ4v) is 1.02. The molecule has 1 fully saturated rings. The van der Waals surface area contributed by atoms with Crippen molar-refractivity contribution in [2.75, 3.05) is 13.2 Å². The summed E-state index contributed by atoms with van der Waals surface area (Å²) >= 11 is 0. The van der Waals surface area contributed by atoms with E-state index in [1.807, 2.05) is 0 Å². The molecular formula is C7H13NO. The van der Waals surface area contributed by atoms with Crippen LogP contribution in [-0.4, -0.2) is 19.3 Å². The molecule has 1 aliphatic heterocycles. The average molecular weight is 127 g/mol. The molecule has 1 atom stereocenters. The second kappa shape index (κ2) is 3.51. The van der Waals surface area contributed by atoms with Crippen molar-refractivity contribution in [3.63, 3.8) is 0 Å². The molecule has 0 saturated carbocycles. The van der Waals surface area contributed by atoms with E-state index in [0.29, 0.717) is 6.10 Å². The van der Waals surface area contributed by atoms with Crippen LogP contribution < -0.4 is 5.32 Å². The highest BCUT2D eigenvalue weighted by Gasteiger charge is 2.13. The summed E-state index contributed by atoms with van der Waals surface area (Å²) in [4.78, 5) is 0. The van der Waals surface area contributed by atoms with Crippen LogP contribution in [0.2, 0.25) is 0 Å². The SMILES string of the molecule is C=CNCC1CCCO1. The van der Waals surface area contributed by atoms with Gasteiger partial charge in [-0.1, -0.05) is 6.58 Å². The molecule has 0 aliphatic carbocycles. The smallest absolute Gasteiger partial charge is 0.0748 e. The lowest BCUT2D eigenvalue weighted by Gasteiger charge is -2.07. The van der Waals surface area contributed by atoms with Crippen LogP contribution in [0.15, 0.2) is 12.8 Å². The molecule has 0 aromatic rings. The first-order chi connectivity index (χ1) is 4.43. The van der Waals surface area contributed by atoms with Gasteiger partial charge in [0, 0.05) is 13.2 Å². The standard InChI is InChI=1S/C7H13NO/c1-2-8-6-7-4-3-5-9-7/h2,7-8H,1,3-6H2. The van der Waals surface area contributed by atoms with E-state index in [0.717, 1.165) is 13.2 Å². The maximum absolute atomic E-state index is 5.34. The molecule has 2 nitrogen and oxygen atoms in total. The third kappa shape index (κ3) is 2.06. The second-order valence-corrected chi connectivity index (χ2v) is 2.25. The molecule has 1 unspecified atom stereocenters. The molecule has 1 rings (SSSR count). The first-order valence-corrected chi connectivity index (χ1v) is 3.39. The molecular weight excluding hydrogens is 114 g/mol. The van der Waals surface area contributed by atoms with Crippen LogP contribution in [0.1, 0.15) is 12.8 Å². The summed E-state index contributed by atoms with van der Waals surface area (Å²) in [6, 6.07) is 0. The Morgan fingerprint density at radius 3 is 3.22 bits per heavy atom. The minimum absolute atomic E-state index is 0.433. The molecule has 0 spiro atoms. The third-order valence-corrected chi connectivity index (χ3v) is 1.51. The number of hydrogen-bond acceptors (Lipinski definition) is 2. The summed E-state index contributed by atoms with van der Waals surface area (Å²) in [5.74, 6) is 0. The molecule has 0 amide bonds. The lowest BCUT2D eigenvalue weighted by molar-refractivity contribution is 0.113. The number of ether oxygens (including phenoxy) is 1. The number of rotatable bonds is 3. The normalized spacial score (nSPS) is 26.0. The third-order valence-electron chi connectivity index (χ3n) is 1.51. The monoisotopic (exact) mass is 127 g/mol. The predicted octanol–water partition coefficient (Wildman–Crippen LogP) is 0.898. The fraction of sp³-hybridized carbons (Fsp3) is 0.714. The minimum atomic E-state index is 0.433. The van der Waals surface area contributed by atoms with Crippen LogP contribution >= 0.6 is 0 Å². The molecule has 52 valence electrons. The minimum Gasteiger partial charge on any atom is -0.389 e. The van der Waals surface area contributed by atoms with E-state index in [1.54, 1.807) is 6.20 Å². The quantitative estimate of drug-likeness (QED) is 0.608.